The van der Waals surface area contributed by atoms with E-state index in [1.807, 2.05) is 0 Å². The van der Waals surface area contributed by atoms with Crippen LogP contribution in [0.15, 0.2) is 18.2 Å². The van der Waals surface area contributed by atoms with Gasteiger partial charge < -0.3 is 5.32 Å². The third kappa shape index (κ3) is 2.63. The Kier molecular flexibility index (Phi) is 4.32. The normalized spacial score (nSPS) is 15.5. The van der Waals surface area contributed by atoms with Crippen LogP contribution in [-0.2, 0) is 6.42 Å². The molecule has 0 amide bonds. The predicted molar refractivity (Wildman–Crippen MR) is 107 cm³/mol. The lowest BCUT2D eigenvalue weighted by atomic mass is 9.94. The van der Waals surface area contributed by atoms with Crippen molar-refractivity contribution in [1.29, 1.82) is 5.26 Å². The molecule has 26 heavy (non-hydrogen) atoms. The van der Waals surface area contributed by atoms with E-state index in [2.05, 4.69) is 54.8 Å². The molecule has 1 aliphatic carbocycles. The Hall–Kier alpha value is -2.54. The molecule has 0 atom stereocenters. The molecule has 1 saturated carbocycles. The van der Waals surface area contributed by atoms with Crippen LogP contribution in [0.5, 0.6) is 0 Å². The number of aryl methyl sites for hydroxylation is 1. The molecule has 0 aliphatic heterocycles. The third-order valence-corrected chi connectivity index (χ3v) is 5.78. The summed E-state index contributed by atoms with van der Waals surface area (Å²) in [7, 11) is 0. The first-order chi connectivity index (χ1) is 12.6. The minimum Gasteiger partial charge on any atom is -0.368 e. The quantitative estimate of drug-likeness (QED) is 0.701. The molecule has 0 bridgehead atoms. The second-order valence-corrected chi connectivity index (χ2v) is 7.53. The van der Waals surface area contributed by atoms with Crippen molar-refractivity contribution in [2.75, 3.05) is 5.32 Å². The number of benzene rings is 1. The summed E-state index contributed by atoms with van der Waals surface area (Å²) in [5.41, 5.74) is 7.00. The summed E-state index contributed by atoms with van der Waals surface area (Å²) >= 11 is 0. The van der Waals surface area contributed by atoms with Crippen molar-refractivity contribution < 1.29 is 0 Å². The lowest BCUT2D eigenvalue weighted by molar-refractivity contribution is 0.461. The molecule has 3 aromatic rings. The van der Waals surface area contributed by atoms with Gasteiger partial charge in [-0.3, -0.25) is 4.40 Å². The van der Waals surface area contributed by atoms with Crippen molar-refractivity contribution in [3.63, 3.8) is 0 Å². The highest BCUT2D eigenvalue weighted by Gasteiger charge is 2.22. The van der Waals surface area contributed by atoms with Gasteiger partial charge in [0.25, 0.3) is 0 Å². The second kappa shape index (κ2) is 6.64. The third-order valence-electron chi connectivity index (χ3n) is 5.78. The van der Waals surface area contributed by atoms with Gasteiger partial charge in [-0.15, -0.1) is 0 Å². The number of rotatable bonds is 3. The number of pyridine rings is 1. The van der Waals surface area contributed by atoms with Crippen LogP contribution >= 0.6 is 0 Å². The molecule has 4 nitrogen and oxygen atoms in total. The van der Waals surface area contributed by atoms with Gasteiger partial charge in [0.2, 0.25) is 0 Å². The van der Waals surface area contributed by atoms with Crippen molar-refractivity contribution in [3.05, 3.63) is 40.5 Å². The van der Waals surface area contributed by atoms with E-state index < -0.39 is 0 Å². The van der Waals surface area contributed by atoms with Crippen molar-refractivity contribution in [1.82, 2.24) is 9.38 Å². The highest BCUT2D eigenvalue weighted by molar-refractivity contribution is 5.86. The van der Waals surface area contributed by atoms with E-state index in [1.165, 1.54) is 43.2 Å². The molecule has 0 unspecified atom stereocenters. The van der Waals surface area contributed by atoms with Gasteiger partial charge in [0.15, 0.2) is 5.65 Å². The van der Waals surface area contributed by atoms with Crippen LogP contribution in [0.25, 0.3) is 16.7 Å². The van der Waals surface area contributed by atoms with Crippen LogP contribution in [0.4, 0.5) is 5.82 Å². The summed E-state index contributed by atoms with van der Waals surface area (Å²) in [6.07, 6.45) is 7.26. The maximum absolute atomic E-state index is 9.80. The van der Waals surface area contributed by atoms with Crippen LogP contribution in [0.1, 0.15) is 61.3 Å². The maximum Gasteiger partial charge on any atom is 0.157 e. The smallest absolute Gasteiger partial charge is 0.157 e. The Balaban J connectivity index is 2.03. The number of fused-ring (bicyclic) bond motifs is 3. The average Bonchev–Trinajstić information content (AvgIpc) is 3.01. The predicted octanol–water partition coefficient (Wildman–Crippen LogP) is 5.28. The van der Waals surface area contributed by atoms with Gasteiger partial charge in [0, 0.05) is 6.04 Å². The Morgan fingerprint density at radius 2 is 2.00 bits per heavy atom. The van der Waals surface area contributed by atoms with Gasteiger partial charge in [-0.2, -0.15) is 5.26 Å². The van der Waals surface area contributed by atoms with Crippen LogP contribution in [0.2, 0.25) is 0 Å². The van der Waals surface area contributed by atoms with Crippen molar-refractivity contribution >= 4 is 22.5 Å². The van der Waals surface area contributed by atoms with E-state index in [9.17, 15) is 5.26 Å². The topological polar surface area (TPSA) is 53.1 Å². The number of nitriles is 1. The van der Waals surface area contributed by atoms with E-state index in [1.54, 1.807) is 0 Å². The fourth-order valence-corrected chi connectivity index (χ4v) is 4.37. The second-order valence-electron chi connectivity index (χ2n) is 7.53. The van der Waals surface area contributed by atoms with E-state index in [0.717, 1.165) is 34.5 Å². The zero-order valence-electron chi connectivity index (χ0n) is 15.9. The molecule has 0 radical (unpaired) electrons. The number of nitrogens with zero attached hydrogens (tertiary/aromatic N) is 3. The Bertz CT molecular complexity index is 1020. The van der Waals surface area contributed by atoms with Gasteiger partial charge in [-0.05, 0) is 61.9 Å². The summed E-state index contributed by atoms with van der Waals surface area (Å²) in [6.45, 7) is 6.32. The fraction of sp³-hybridized carbons (Fsp3) is 0.455. The fourth-order valence-electron chi connectivity index (χ4n) is 4.37. The molecule has 0 saturated heterocycles. The van der Waals surface area contributed by atoms with E-state index in [-0.39, 0.29) is 0 Å². The maximum atomic E-state index is 9.80. The van der Waals surface area contributed by atoms with Gasteiger partial charge in [-0.1, -0.05) is 32.3 Å². The standard InChI is InChI=1S/C22H26N4/c1-4-17-15(3)18(13-23)22-25-19-12-14(2)10-11-20(19)26(22)21(17)24-16-8-6-5-7-9-16/h10-12,16,24H,4-9H2,1-3H3. The first-order valence-electron chi connectivity index (χ1n) is 9.75. The Morgan fingerprint density at radius 1 is 1.23 bits per heavy atom. The number of aromatic nitrogens is 2. The summed E-state index contributed by atoms with van der Waals surface area (Å²) in [5, 5.41) is 13.6. The highest BCUT2D eigenvalue weighted by Crippen LogP contribution is 2.33. The van der Waals surface area contributed by atoms with Crippen molar-refractivity contribution in [2.24, 2.45) is 0 Å². The lowest BCUT2D eigenvalue weighted by Gasteiger charge is -2.27. The summed E-state index contributed by atoms with van der Waals surface area (Å²) in [4.78, 5) is 4.84. The number of anilines is 1. The Labute approximate surface area is 154 Å². The van der Waals surface area contributed by atoms with Gasteiger partial charge in [-0.25, -0.2) is 4.98 Å². The van der Waals surface area contributed by atoms with Crippen molar-refractivity contribution in [2.45, 2.75) is 65.3 Å². The van der Waals surface area contributed by atoms with Crippen LogP contribution in [0.3, 0.4) is 0 Å². The summed E-state index contributed by atoms with van der Waals surface area (Å²) in [5.74, 6) is 1.14. The minimum absolute atomic E-state index is 0.507. The molecule has 1 N–H and O–H groups in total. The number of hydrogen-bond acceptors (Lipinski definition) is 3. The SMILES string of the molecule is CCc1c(C)c(C#N)c2nc3cc(C)ccc3n2c1NC1CCCCC1. The van der Waals surface area contributed by atoms with Crippen molar-refractivity contribution in [3.8, 4) is 6.07 Å². The lowest BCUT2D eigenvalue weighted by Crippen LogP contribution is -2.25. The van der Waals surface area contributed by atoms with Gasteiger partial charge in [0.1, 0.15) is 11.9 Å². The number of imidazole rings is 1. The highest BCUT2D eigenvalue weighted by atomic mass is 15.1. The molecule has 4 heteroatoms. The zero-order valence-corrected chi connectivity index (χ0v) is 15.9. The summed E-state index contributed by atoms with van der Waals surface area (Å²) < 4.78 is 2.19. The van der Waals surface area contributed by atoms with Crippen LogP contribution in [-0.4, -0.2) is 15.4 Å². The van der Waals surface area contributed by atoms with E-state index in [0.29, 0.717) is 11.6 Å². The molecular weight excluding hydrogens is 320 g/mol. The molecule has 1 aliphatic rings. The molecule has 2 heterocycles. The Morgan fingerprint density at radius 3 is 2.69 bits per heavy atom. The zero-order chi connectivity index (χ0) is 18.3. The number of hydrogen-bond donors (Lipinski definition) is 1. The monoisotopic (exact) mass is 346 g/mol. The molecule has 1 aromatic carbocycles. The first-order valence-corrected chi connectivity index (χ1v) is 9.75. The molecular formula is C22H26N4. The largest absolute Gasteiger partial charge is 0.368 e. The molecule has 1 fully saturated rings. The molecule has 2 aromatic heterocycles. The minimum atomic E-state index is 0.507. The van der Waals surface area contributed by atoms with Gasteiger partial charge >= 0.3 is 0 Å². The molecule has 134 valence electrons. The number of nitrogens with one attached hydrogen (secondary N) is 1. The molecule has 0 spiro atoms. The van der Waals surface area contributed by atoms with Gasteiger partial charge in [0.05, 0.1) is 16.6 Å². The molecule has 4 rings (SSSR count). The van der Waals surface area contributed by atoms with E-state index >= 15 is 0 Å². The van der Waals surface area contributed by atoms with E-state index in [4.69, 9.17) is 4.98 Å². The van der Waals surface area contributed by atoms with Crippen LogP contribution in [0, 0.1) is 25.2 Å². The van der Waals surface area contributed by atoms with Crippen LogP contribution < -0.4 is 5.32 Å². The summed E-state index contributed by atoms with van der Waals surface area (Å²) in [6, 6.07) is 9.28. The average molecular weight is 346 g/mol. The first kappa shape index (κ1) is 16.9.